The van der Waals surface area contributed by atoms with E-state index < -0.39 is 17.5 Å². The third-order valence-electron chi connectivity index (χ3n) is 5.71. The molecule has 1 fully saturated rings. The van der Waals surface area contributed by atoms with Crippen LogP contribution in [0, 0.1) is 0 Å². The van der Waals surface area contributed by atoms with E-state index in [1.54, 1.807) is 42.5 Å². The number of hydrogen-bond donors (Lipinski definition) is 1. The summed E-state index contributed by atoms with van der Waals surface area (Å²) in [4.78, 5) is 39.8. The molecular formula is C25H20N2O5. The second-order valence-corrected chi connectivity index (χ2v) is 7.68. The van der Waals surface area contributed by atoms with Gasteiger partial charge in [-0.3, -0.25) is 14.5 Å². The minimum absolute atomic E-state index is 0.299. The van der Waals surface area contributed by atoms with Crippen LogP contribution in [0.3, 0.4) is 0 Å². The summed E-state index contributed by atoms with van der Waals surface area (Å²) in [7, 11) is 0. The molecule has 0 radical (unpaired) electrons. The molecule has 0 aromatic heterocycles. The van der Waals surface area contributed by atoms with Crippen molar-refractivity contribution in [3.05, 3.63) is 90.0 Å². The summed E-state index contributed by atoms with van der Waals surface area (Å²) in [5.74, 6) is 1.07. The number of ether oxygens (including phenoxy) is 2. The van der Waals surface area contributed by atoms with Crippen LogP contribution in [0.15, 0.2) is 78.9 Å². The quantitative estimate of drug-likeness (QED) is 0.492. The summed E-state index contributed by atoms with van der Waals surface area (Å²) in [6.45, 7) is -0.0397. The fourth-order valence-corrected chi connectivity index (χ4v) is 4.08. The number of hydrogen-bond acceptors (Lipinski definition) is 5. The fourth-order valence-electron chi connectivity index (χ4n) is 4.08. The Morgan fingerprint density at radius 3 is 2.41 bits per heavy atom. The lowest BCUT2D eigenvalue weighted by molar-refractivity contribution is -0.132. The monoisotopic (exact) mass is 428 g/mol. The molecule has 7 heteroatoms. The van der Waals surface area contributed by atoms with Crippen molar-refractivity contribution in [1.29, 1.82) is 0 Å². The van der Waals surface area contributed by atoms with Gasteiger partial charge in [-0.05, 0) is 42.5 Å². The second kappa shape index (κ2) is 7.85. The molecule has 7 nitrogen and oxygen atoms in total. The Morgan fingerprint density at radius 2 is 1.62 bits per heavy atom. The van der Waals surface area contributed by atoms with Crippen molar-refractivity contribution in [2.24, 2.45) is 0 Å². The number of Topliss-reactive ketones (excluding diaryl/α,β-unsaturated/α-hetero) is 1. The molecule has 0 saturated carbocycles. The number of ketones is 1. The summed E-state index contributed by atoms with van der Waals surface area (Å²) in [5, 5.41) is 2.80. The van der Waals surface area contributed by atoms with Gasteiger partial charge in [0.1, 0.15) is 17.2 Å². The molecule has 1 atom stereocenters. The lowest BCUT2D eigenvalue weighted by Crippen LogP contribution is -2.47. The van der Waals surface area contributed by atoms with Crippen LogP contribution in [-0.4, -0.2) is 35.8 Å². The van der Waals surface area contributed by atoms with E-state index in [1.807, 2.05) is 36.4 Å². The van der Waals surface area contributed by atoms with Crippen LogP contribution >= 0.6 is 0 Å². The van der Waals surface area contributed by atoms with Gasteiger partial charge in [0.2, 0.25) is 0 Å². The van der Waals surface area contributed by atoms with Gasteiger partial charge in [-0.15, -0.1) is 0 Å². The predicted octanol–water partition coefficient (Wildman–Crippen LogP) is 3.89. The third kappa shape index (κ3) is 3.37. The highest BCUT2D eigenvalue weighted by Gasteiger charge is 2.55. The molecule has 2 aliphatic rings. The highest BCUT2D eigenvalue weighted by molar-refractivity contribution is 6.11. The molecule has 0 aliphatic carbocycles. The molecule has 32 heavy (non-hydrogen) atoms. The van der Waals surface area contributed by atoms with Crippen molar-refractivity contribution in [3.8, 4) is 17.2 Å². The zero-order valence-corrected chi connectivity index (χ0v) is 17.1. The van der Waals surface area contributed by atoms with Crippen molar-refractivity contribution in [2.75, 3.05) is 13.2 Å². The molecule has 1 saturated heterocycles. The number of urea groups is 1. The molecule has 1 N–H and O–H groups in total. The lowest BCUT2D eigenvalue weighted by Gasteiger charge is -2.33. The number of amides is 3. The van der Waals surface area contributed by atoms with Gasteiger partial charge in [0.05, 0.1) is 13.2 Å². The maximum absolute atomic E-state index is 13.3. The molecule has 160 valence electrons. The molecule has 3 aromatic carbocycles. The molecule has 3 aromatic rings. The minimum atomic E-state index is -1.19. The Labute approximate surface area is 184 Å². The number of nitrogens with one attached hydrogen (secondary N) is 1. The Kier molecular flexibility index (Phi) is 4.86. The number of imide groups is 1. The Hall–Kier alpha value is -4.13. The highest BCUT2D eigenvalue weighted by atomic mass is 16.5. The number of carbonyl (C=O) groups excluding carboxylic acids is 3. The van der Waals surface area contributed by atoms with Crippen molar-refractivity contribution in [2.45, 2.75) is 12.0 Å². The van der Waals surface area contributed by atoms with Gasteiger partial charge in [0, 0.05) is 17.5 Å². The van der Waals surface area contributed by atoms with Crippen LogP contribution in [-0.2, 0) is 10.3 Å². The highest BCUT2D eigenvalue weighted by Crippen LogP contribution is 2.41. The molecule has 1 spiro atoms. The van der Waals surface area contributed by atoms with Crippen LogP contribution in [0.4, 0.5) is 4.79 Å². The smallest absolute Gasteiger partial charge is 0.325 e. The molecular weight excluding hydrogens is 408 g/mol. The third-order valence-corrected chi connectivity index (χ3v) is 5.71. The Balaban J connectivity index is 1.32. The van der Waals surface area contributed by atoms with Crippen LogP contribution in [0.1, 0.15) is 22.3 Å². The topological polar surface area (TPSA) is 84.9 Å². The van der Waals surface area contributed by atoms with Crippen molar-refractivity contribution in [1.82, 2.24) is 10.2 Å². The number of fused-ring (bicyclic) bond motifs is 2. The lowest BCUT2D eigenvalue weighted by atomic mass is 9.84. The summed E-state index contributed by atoms with van der Waals surface area (Å²) < 4.78 is 11.4. The van der Waals surface area contributed by atoms with E-state index in [1.165, 1.54) is 0 Å². The minimum Gasteiger partial charge on any atom is -0.493 e. The van der Waals surface area contributed by atoms with Gasteiger partial charge in [-0.25, -0.2) is 4.79 Å². The predicted molar refractivity (Wildman–Crippen MR) is 116 cm³/mol. The van der Waals surface area contributed by atoms with Gasteiger partial charge < -0.3 is 14.8 Å². The van der Waals surface area contributed by atoms with Gasteiger partial charge in [-0.2, -0.15) is 0 Å². The maximum Gasteiger partial charge on any atom is 0.325 e. The van der Waals surface area contributed by atoms with E-state index in [0.29, 0.717) is 41.4 Å². The fraction of sp³-hybridized carbons (Fsp3) is 0.160. The maximum atomic E-state index is 13.3. The Bertz CT molecular complexity index is 1190. The zero-order valence-electron chi connectivity index (χ0n) is 17.1. The van der Waals surface area contributed by atoms with Crippen molar-refractivity contribution in [3.63, 3.8) is 0 Å². The average molecular weight is 428 g/mol. The number of nitrogens with zero attached hydrogens (tertiary/aromatic N) is 1. The molecule has 1 unspecified atom stereocenters. The summed E-state index contributed by atoms with van der Waals surface area (Å²) >= 11 is 0. The average Bonchev–Trinajstić information content (AvgIpc) is 3.05. The van der Waals surface area contributed by atoms with E-state index >= 15 is 0 Å². The zero-order chi connectivity index (χ0) is 22.1. The summed E-state index contributed by atoms with van der Waals surface area (Å²) in [6.07, 6.45) is 0.310. The summed E-state index contributed by atoms with van der Waals surface area (Å²) in [5.41, 5.74) is -0.194. The normalized spacial score (nSPS) is 19.3. The first-order valence-corrected chi connectivity index (χ1v) is 10.3. The standard InChI is InChI=1S/C25H20N2O5/c28-21(17-10-12-19(13-11-17)32-18-6-2-1-3-7-18)16-27-23(29)25(26-24(27)30)14-15-31-22-9-5-4-8-20(22)25/h1-13H,14-16H2,(H,26,30). The van der Waals surface area contributed by atoms with Crippen LogP contribution in [0.2, 0.25) is 0 Å². The first-order chi connectivity index (χ1) is 15.6. The first kappa shape index (κ1) is 19.8. The van der Waals surface area contributed by atoms with Crippen LogP contribution in [0.25, 0.3) is 0 Å². The number of rotatable bonds is 5. The molecule has 2 heterocycles. The van der Waals surface area contributed by atoms with Crippen molar-refractivity contribution >= 4 is 17.7 Å². The number of para-hydroxylation sites is 2. The SMILES string of the molecule is O=C(CN1C(=O)NC2(CCOc3ccccc32)C1=O)c1ccc(Oc2ccccc2)cc1. The molecule has 0 bridgehead atoms. The van der Waals surface area contributed by atoms with Crippen LogP contribution < -0.4 is 14.8 Å². The molecule has 3 amide bonds. The summed E-state index contributed by atoms with van der Waals surface area (Å²) in [6, 6.07) is 22.5. The number of benzene rings is 3. The Morgan fingerprint density at radius 1 is 0.938 bits per heavy atom. The van der Waals surface area contributed by atoms with Gasteiger partial charge in [-0.1, -0.05) is 36.4 Å². The molecule has 2 aliphatic heterocycles. The van der Waals surface area contributed by atoms with E-state index in [0.717, 1.165) is 4.90 Å². The van der Waals surface area contributed by atoms with E-state index in [9.17, 15) is 14.4 Å². The van der Waals surface area contributed by atoms with Crippen molar-refractivity contribution < 1.29 is 23.9 Å². The second-order valence-electron chi connectivity index (χ2n) is 7.68. The van der Waals surface area contributed by atoms with Gasteiger partial charge >= 0.3 is 6.03 Å². The largest absolute Gasteiger partial charge is 0.493 e. The van der Waals surface area contributed by atoms with E-state index in [2.05, 4.69) is 5.32 Å². The van der Waals surface area contributed by atoms with Crippen LogP contribution in [0.5, 0.6) is 17.2 Å². The molecule has 5 rings (SSSR count). The van der Waals surface area contributed by atoms with E-state index in [4.69, 9.17) is 9.47 Å². The number of carbonyl (C=O) groups is 3. The van der Waals surface area contributed by atoms with E-state index in [-0.39, 0.29) is 12.3 Å². The van der Waals surface area contributed by atoms with Gasteiger partial charge in [0.15, 0.2) is 11.3 Å². The van der Waals surface area contributed by atoms with Gasteiger partial charge in [0.25, 0.3) is 5.91 Å². The first-order valence-electron chi connectivity index (χ1n) is 10.3.